The Hall–Kier alpha value is -5.45. The lowest BCUT2D eigenvalue weighted by Crippen LogP contribution is -2.52. The molecule has 0 aromatic carbocycles. The molecule has 1 fully saturated rings. The van der Waals surface area contributed by atoms with E-state index in [4.69, 9.17) is 25.3 Å². The SMILES string of the molecule is CC1(C(F)(F)F)OC=C(F)O1.FC(F)(F)F.FC(F)=C(F)OC(F)(F)CC(F)(F)F.FC(F)=C1OCCO1.FCC(F)(F)OC(F)(F)C(F)(F)OC(F)(F)CF.FCC(F)(F)OF.FCOC(F)=C(F)F.O=S(=O)(F)F.O=S(=O)(F)F.O=S(=O)(F)F. The summed E-state index contributed by atoms with van der Waals surface area (Å²) in [5.41, 5.74) is 0. The van der Waals surface area contributed by atoms with Gasteiger partial charge in [-0.1, -0.05) is 23.3 Å². The van der Waals surface area contributed by atoms with Gasteiger partial charge in [0.15, 0.2) is 26.3 Å². The maximum absolute atomic E-state index is 12.4. The molecule has 0 radical (unpaired) electrons. The molecule has 524 valence electrons. The van der Waals surface area contributed by atoms with E-state index in [0.717, 1.165) is 0 Å². The van der Waals surface area contributed by atoms with E-state index in [0.29, 0.717) is 6.92 Å². The number of rotatable bonds is 14. The first kappa shape index (κ1) is 96.8. The van der Waals surface area contributed by atoms with Crippen LogP contribution >= 0.6 is 0 Å². The van der Waals surface area contributed by atoms with Crippen LogP contribution in [0, 0.1) is 0 Å². The van der Waals surface area contributed by atoms with Crippen molar-refractivity contribution in [2.75, 3.05) is 40.1 Å². The molecule has 1 atom stereocenters. The summed E-state index contributed by atoms with van der Waals surface area (Å²) in [6.07, 6.45) is -58.6. The first-order valence-electron chi connectivity index (χ1n) is 17.1. The van der Waals surface area contributed by atoms with E-state index >= 15 is 0 Å². The Morgan fingerprint density at radius 3 is 0.953 bits per heavy atom. The van der Waals surface area contributed by atoms with Crippen LogP contribution < -0.4 is 0 Å². The molecule has 2 rings (SSSR count). The van der Waals surface area contributed by atoms with Gasteiger partial charge in [0, 0.05) is 6.92 Å². The van der Waals surface area contributed by atoms with Gasteiger partial charge in [0.25, 0.3) is 0 Å². The first-order chi connectivity index (χ1) is 37.3. The summed E-state index contributed by atoms with van der Waals surface area (Å²) in [5, 5.41) is 0. The molecular weight excluding hydrogens is 1450 g/mol. The molecule has 0 N–H and O–H groups in total. The molecule has 0 bridgehead atoms. The van der Waals surface area contributed by atoms with Crippen LogP contribution in [0.1, 0.15) is 13.3 Å². The van der Waals surface area contributed by atoms with Gasteiger partial charge in [0.1, 0.15) is 19.6 Å². The van der Waals surface area contributed by atoms with Crippen molar-refractivity contribution in [1.82, 2.24) is 0 Å². The normalized spacial score (nSPS) is 15.2. The van der Waals surface area contributed by atoms with Gasteiger partial charge in [-0.05, 0) is 4.53 Å². The third-order valence-electron chi connectivity index (χ3n) is 4.48. The molecule has 0 amide bonds. The van der Waals surface area contributed by atoms with Gasteiger partial charge >= 0.3 is 135 Å². The molecule has 0 spiro atoms. The van der Waals surface area contributed by atoms with Crippen molar-refractivity contribution >= 4 is 31.8 Å². The van der Waals surface area contributed by atoms with Crippen LogP contribution in [0.4, 0.5) is 182 Å². The van der Waals surface area contributed by atoms with Crippen LogP contribution in [0.2, 0.25) is 0 Å². The summed E-state index contributed by atoms with van der Waals surface area (Å²) in [5.74, 6) is -3.48. The first-order valence-corrected chi connectivity index (χ1v) is 20.9. The van der Waals surface area contributed by atoms with Gasteiger partial charge in [-0.2, -0.15) is 144 Å². The predicted octanol–water partition coefficient (Wildman–Crippen LogP) is 15.5. The Bertz CT molecular complexity index is 2200. The van der Waals surface area contributed by atoms with Crippen LogP contribution in [-0.4, -0.2) is 127 Å². The van der Waals surface area contributed by atoms with Crippen LogP contribution in [0.3, 0.4) is 0 Å². The third kappa shape index (κ3) is 72.8. The van der Waals surface area contributed by atoms with E-state index in [1.165, 1.54) is 0 Å². The van der Waals surface area contributed by atoms with Crippen LogP contribution in [0.15, 0.2) is 48.5 Å². The van der Waals surface area contributed by atoms with E-state index in [1.54, 1.807) is 0 Å². The topological polar surface area (TPSA) is 185 Å². The highest BCUT2D eigenvalue weighted by molar-refractivity contribution is 7.81. The minimum atomic E-state index is -6.30. The lowest BCUT2D eigenvalue weighted by atomic mass is 10.3. The van der Waals surface area contributed by atoms with Crippen molar-refractivity contribution in [3.05, 3.63) is 48.5 Å². The highest BCUT2D eigenvalue weighted by Crippen LogP contribution is 2.44. The average Bonchev–Trinajstić information content (AvgIpc) is 3.91. The largest absolute Gasteiger partial charge is 0.559 e. The van der Waals surface area contributed by atoms with Gasteiger partial charge in [0.05, 0.1) is 0 Å². The number of hydrogen-bond acceptors (Lipinski definition) is 15. The van der Waals surface area contributed by atoms with Gasteiger partial charge < -0.3 is 28.4 Å². The zero-order valence-corrected chi connectivity index (χ0v) is 40.7. The lowest BCUT2D eigenvalue weighted by molar-refractivity contribution is -0.513. The lowest BCUT2D eigenvalue weighted by Gasteiger charge is -2.29. The maximum atomic E-state index is 12.4. The van der Waals surface area contributed by atoms with E-state index in [-0.39, 0.29) is 19.5 Å². The number of ether oxygens (including phenoxy) is 8. The highest BCUT2D eigenvalue weighted by Gasteiger charge is 2.67. The Morgan fingerprint density at radius 2 is 0.814 bits per heavy atom. The van der Waals surface area contributed by atoms with Crippen LogP contribution in [-0.2, 0) is 74.7 Å². The Morgan fingerprint density at radius 1 is 0.523 bits per heavy atom. The summed E-state index contributed by atoms with van der Waals surface area (Å²) in [7, 11) is -17.0. The van der Waals surface area contributed by atoms with Gasteiger partial charge in [-0.3, -0.25) is 0 Å². The molecule has 1 unspecified atom stereocenters. The molecular formula is C26H18F42O15S3. The summed E-state index contributed by atoms with van der Waals surface area (Å²) >= 11 is 0. The zero-order valence-electron chi connectivity index (χ0n) is 38.3. The van der Waals surface area contributed by atoms with Crippen molar-refractivity contribution in [2.24, 2.45) is 0 Å². The van der Waals surface area contributed by atoms with Crippen LogP contribution in [0.5, 0.6) is 0 Å². The molecule has 0 saturated carbocycles. The fourth-order valence-corrected chi connectivity index (χ4v) is 2.05. The van der Waals surface area contributed by atoms with Gasteiger partial charge in [-0.25, -0.2) is 27.0 Å². The molecule has 0 aliphatic carbocycles. The Balaban J connectivity index is -0.000000136. The van der Waals surface area contributed by atoms with E-state index in [1.807, 2.05) is 4.94 Å². The molecule has 0 aromatic heterocycles. The molecule has 60 heteroatoms. The smallest absolute Gasteiger partial charge is 0.458 e. The molecule has 2 aliphatic heterocycles. The summed E-state index contributed by atoms with van der Waals surface area (Å²) in [6, 6.07) is -6.56. The maximum Gasteiger partial charge on any atom is 0.559 e. The van der Waals surface area contributed by atoms with Crippen molar-refractivity contribution in [1.29, 1.82) is 0 Å². The Labute approximate surface area is 445 Å². The second-order valence-corrected chi connectivity index (χ2v) is 13.6. The molecule has 2 heterocycles. The second-order valence-electron chi connectivity index (χ2n) is 11.4. The number of alkyl halides is 26. The minimum absolute atomic E-state index is 0.229. The molecule has 2 aliphatic rings. The highest BCUT2D eigenvalue weighted by atomic mass is 32.3. The Kier molecular flexibility index (Phi) is 45.2. The second kappa shape index (κ2) is 40.2. The third-order valence-corrected chi connectivity index (χ3v) is 4.48. The van der Waals surface area contributed by atoms with Crippen molar-refractivity contribution in [2.45, 2.75) is 74.6 Å². The summed E-state index contributed by atoms with van der Waals surface area (Å²) in [4.78, 5) is 1.88. The fourth-order valence-electron chi connectivity index (χ4n) is 2.05. The summed E-state index contributed by atoms with van der Waals surface area (Å²) in [6.45, 7) is -8.50. The van der Waals surface area contributed by atoms with Crippen molar-refractivity contribution in [3.8, 4) is 0 Å². The minimum Gasteiger partial charge on any atom is -0.458 e. The van der Waals surface area contributed by atoms with Crippen molar-refractivity contribution in [3.63, 3.8) is 0 Å². The monoisotopic (exact) mass is 1460 g/mol. The predicted molar refractivity (Wildman–Crippen MR) is 179 cm³/mol. The molecule has 86 heavy (non-hydrogen) atoms. The average molecular weight is 1460 g/mol. The van der Waals surface area contributed by atoms with E-state index in [9.17, 15) is 182 Å². The van der Waals surface area contributed by atoms with E-state index in [2.05, 4.69) is 37.9 Å². The fraction of sp³-hybridized carbons (Fsp3) is 0.692. The molecule has 0 aromatic rings. The zero-order chi connectivity index (χ0) is 71.6. The van der Waals surface area contributed by atoms with Crippen molar-refractivity contribution < 1.29 is 250 Å². The van der Waals surface area contributed by atoms with Crippen LogP contribution in [0.25, 0.3) is 0 Å². The number of hydrogen-bond donors (Lipinski definition) is 0. The number of halogens is 42. The molecule has 1 saturated heterocycles. The van der Waals surface area contributed by atoms with Gasteiger partial charge in [-0.15, -0.1) is 22.5 Å². The van der Waals surface area contributed by atoms with Gasteiger partial charge in [0.2, 0.25) is 6.86 Å². The molecule has 15 nitrogen and oxygen atoms in total. The summed E-state index contributed by atoms with van der Waals surface area (Å²) < 4.78 is 543. The quantitative estimate of drug-likeness (QED) is 0.0908. The standard InChI is InChI=1S/C6H4F10O2.C5H2F8O.C5H4F4O2.C4H4F2O2.C3H2F4O.C2H2F4O.CF4.3F2O2S/c7-1-3(9,10)17-5(13,14)6(15,16)18-4(11,12)2-8;6-2(7)3(8)14-5(12,13)1-4(9,10)11;1-4(5(7,8)9)10-2-3(6)11-4;5-3(6)4-7-1-2-8-4;4-1-8-3(7)2(5)6;3-1-2(4,5)7-6;2-1(3,4)5;3*1-5(2,3)4/h1-2H2;1H2;2H,1H3;1-2H2;1H2;1H2;;;;. The van der Waals surface area contributed by atoms with E-state index < -0.39 is 169 Å².